The van der Waals surface area contributed by atoms with Gasteiger partial charge in [0.25, 0.3) is 0 Å². The van der Waals surface area contributed by atoms with Gasteiger partial charge in [-0.15, -0.1) is 0 Å². The number of hydrogen-bond acceptors (Lipinski definition) is 3. The van der Waals surface area contributed by atoms with Gasteiger partial charge in [-0.3, -0.25) is 9.69 Å². The molecule has 0 bridgehead atoms. The third kappa shape index (κ3) is 2.76. The number of benzene rings is 1. The molecule has 3 rings (SSSR count). The van der Waals surface area contributed by atoms with Gasteiger partial charge in [-0.2, -0.15) is 0 Å². The summed E-state index contributed by atoms with van der Waals surface area (Å²) in [6, 6.07) is 5.23. The molecule has 1 aromatic carbocycles. The number of amides is 1. The number of nitrogens with zero attached hydrogens (tertiary/aromatic N) is 2. The lowest BCUT2D eigenvalue weighted by atomic mass is 9.93. The molecule has 2 atom stereocenters. The largest absolute Gasteiger partial charge is 0.369 e. The van der Waals surface area contributed by atoms with Crippen molar-refractivity contribution >= 4 is 16.9 Å². The first-order valence-corrected chi connectivity index (χ1v) is 7.21. The minimum atomic E-state index is -0.322. The number of imidazole rings is 1. The Bertz CT molecular complexity index is 669. The Kier molecular flexibility index (Phi) is 3.63. The maximum Gasteiger partial charge on any atom is 0.221 e. The summed E-state index contributed by atoms with van der Waals surface area (Å²) < 4.78 is 13.7. The van der Waals surface area contributed by atoms with Gasteiger partial charge < -0.3 is 10.7 Å². The van der Waals surface area contributed by atoms with E-state index in [9.17, 15) is 9.18 Å². The van der Waals surface area contributed by atoms with Crippen molar-refractivity contribution in [1.29, 1.82) is 0 Å². The highest BCUT2D eigenvalue weighted by Gasteiger charge is 2.29. The van der Waals surface area contributed by atoms with Gasteiger partial charge in [0.15, 0.2) is 5.82 Å². The van der Waals surface area contributed by atoms with Crippen LogP contribution < -0.4 is 5.73 Å². The van der Waals surface area contributed by atoms with Crippen molar-refractivity contribution in [3.8, 4) is 0 Å². The molecule has 0 radical (unpaired) electrons. The van der Waals surface area contributed by atoms with E-state index in [2.05, 4.69) is 21.8 Å². The first-order chi connectivity index (χ1) is 10.0. The van der Waals surface area contributed by atoms with Crippen LogP contribution in [0.3, 0.4) is 0 Å². The normalized spacial score (nSPS) is 23.5. The van der Waals surface area contributed by atoms with Gasteiger partial charge in [-0.25, -0.2) is 9.37 Å². The zero-order chi connectivity index (χ0) is 15.0. The van der Waals surface area contributed by atoms with Crippen molar-refractivity contribution in [1.82, 2.24) is 14.9 Å². The third-order valence-electron chi connectivity index (χ3n) is 4.28. The molecule has 1 aliphatic rings. The van der Waals surface area contributed by atoms with E-state index in [1.54, 1.807) is 12.1 Å². The smallest absolute Gasteiger partial charge is 0.221 e. The first-order valence-electron chi connectivity index (χ1n) is 7.21. The van der Waals surface area contributed by atoms with Crippen LogP contribution in [0.1, 0.15) is 25.6 Å². The van der Waals surface area contributed by atoms with Crippen LogP contribution in [0.25, 0.3) is 11.0 Å². The summed E-state index contributed by atoms with van der Waals surface area (Å²) in [5, 5.41) is 0. The molecule has 0 saturated carbocycles. The molecular weight excluding hydrogens is 271 g/mol. The fourth-order valence-electron chi connectivity index (χ4n) is 2.95. The summed E-state index contributed by atoms with van der Waals surface area (Å²) in [6.45, 7) is 3.33. The molecule has 3 N–H and O–H groups in total. The summed E-state index contributed by atoms with van der Waals surface area (Å²) >= 11 is 0. The summed E-state index contributed by atoms with van der Waals surface area (Å²) in [6.07, 6.45) is 1.77. The molecule has 1 amide bonds. The third-order valence-corrected chi connectivity index (χ3v) is 4.28. The average Bonchev–Trinajstić information content (AvgIpc) is 2.85. The topological polar surface area (TPSA) is 75.0 Å². The van der Waals surface area contributed by atoms with E-state index in [0.29, 0.717) is 36.0 Å². The predicted molar refractivity (Wildman–Crippen MR) is 77.8 cm³/mol. The molecule has 21 heavy (non-hydrogen) atoms. The molecule has 1 aliphatic heterocycles. The highest BCUT2D eigenvalue weighted by atomic mass is 19.1. The van der Waals surface area contributed by atoms with Crippen molar-refractivity contribution < 1.29 is 9.18 Å². The van der Waals surface area contributed by atoms with Crippen LogP contribution >= 0.6 is 0 Å². The van der Waals surface area contributed by atoms with Crippen LogP contribution in [0.4, 0.5) is 4.39 Å². The number of nitrogens with one attached hydrogen (secondary N) is 1. The molecule has 5 nitrogen and oxygen atoms in total. The van der Waals surface area contributed by atoms with E-state index in [4.69, 9.17) is 5.73 Å². The molecule has 0 unspecified atom stereocenters. The van der Waals surface area contributed by atoms with Crippen LogP contribution in [0.15, 0.2) is 18.2 Å². The molecule has 2 aromatic rings. The highest BCUT2D eigenvalue weighted by Crippen LogP contribution is 2.24. The van der Waals surface area contributed by atoms with E-state index in [1.807, 2.05) is 0 Å². The number of nitrogens with two attached hydrogens (primary N) is 1. The van der Waals surface area contributed by atoms with Crippen LogP contribution in [0.5, 0.6) is 0 Å². The molecule has 6 heteroatoms. The second-order valence-electron chi connectivity index (χ2n) is 5.77. The lowest BCUT2D eigenvalue weighted by molar-refractivity contribution is -0.124. The van der Waals surface area contributed by atoms with Crippen LogP contribution in [-0.4, -0.2) is 33.4 Å². The number of carbonyl (C=O) groups excluding carboxylic acids is 1. The quantitative estimate of drug-likeness (QED) is 0.905. The zero-order valence-corrected chi connectivity index (χ0v) is 12.0. The van der Waals surface area contributed by atoms with E-state index < -0.39 is 0 Å². The number of aromatic nitrogens is 2. The number of piperidine rings is 1. The van der Waals surface area contributed by atoms with E-state index >= 15 is 0 Å². The van der Waals surface area contributed by atoms with Crippen molar-refractivity contribution in [3.63, 3.8) is 0 Å². The zero-order valence-electron chi connectivity index (χ0n) is 12.0. The highest BCUT2D eigenvalue weighted by molar-refractivity contribution is 5.77. The molecule has 0 spiro atoms. The monoisotopic (exact) mass is 290 g/mol. The lowest BCUT2D eigenvalue weighted by Gasteiger charge is -2.36. The minimum absolute atomic E-state index is 0.109. The molecule has 1 aromatic heterocycles. The summed E-state index contributed by atoms with van der Waals surface area (Å²) in [5.74, 6) is 0.0358. The van der Waals surface area contributed by atoms with Gasteiger partial charge in [-0.05, 0) is 31.9 Å². The van der Waals surface area contributed by atoms with Crippen LogP contribution in [-0.2, 0) is 11.3 Å². The summed E-state index contributed by atoms with van der Waals surface area (Å²) in [5.41, 5.74) is 6.47. The van der Waals surface area contributed by atoms with Crippen LogP contribution in [0.2, 0.25) is 0 Å². The van der Waals surface area contributed by atoms with Crippen molar-refractivity contribution in [2.24, 2.45) is 11.7 Å². The van der Waals surface area contributed by atoms with Gasteiger partial charge in [-0.1, -0.05) is 6.07 Å². The van der Waals surface area contributed by atoms with Gasteiger partial charge in [0.1, 0.15) is 11.3 Å². The number of halogens is 1. The number of hydrogen-bond donors (Lipinski definition) is 2. The molecule has 0 aliphatic carbocycles. The summed E-state index contributed by atoms with van der Waals surface area (Å²) in [4.78, 5) is 21.0. The van der Waals surface area contributed by atoms with Crippen molar-refractivity contribution in [2.45, 2.75) is 32.4 Å². The fourth-order valence-corrected chi connectivity index (χ4v) is 2.95. The SMILES string of the molecule is C[C@H]1CC[C@H](C(N)=O)CN1Cc1nc2c(F)cccc2[nH]1. The number of rotatable bonds is 3. The van der Waals surface area contributed by atoms with Gasteiger partial charge in [0.05, 0.1) is 18.0 Å². The Morgan fingerprint density at radius 1 is 1.52 bits per heavy atom. The number of primary amides is 1. The Morgan fingerprint density at radius 2 is 2.33 bits per heavy atom. The van der Waals surface area contributed by atoms with Crippen LogP contribution in [0, 0.1) is 11.7 Å². The average molecular weight is 290 g/mol. The Morgan fingerprint density at radius 3 is 3.05 bits per heavy atom. The second-order valence-corrected chi connectivity index (χ2v) is 5.77. The Balaban J connectivity index is 1.80. The number of aromatic amines is 1. The molecule has 1 fully saturated rings. The maximum atomic E-state index is 13.7. The number of para-hydroxylation sites is 1. The Labute approximate surface area is 122 Å². The minimum Gasteiger partial charge on any atom is -0.369 e. The summed E-state index contributed by atoms with van der Waals surface area (Å²) in [7, 11) is 0. The van der Waals surface area contributed by atoms with E-state index in [-0.39, 0.29) is 17.6 Å². The van der Waals surface area contributed by atoms with Gasteiger partial charge in [0, 0.05) is 12.6 Å². The Hall–Kier alpha value is -1.95. The number of H-pyrrole nitrogens is 1. The standard InChI is InChI=1S/C15H19FN4O/c1-9-5-6-10(15(17)21)7-20(9)8-13-18-12-4-2-3-11(16)14(12)19-13/h2-4,9-10H,5-8H2,1H3,(H2,17,21)(H,18,19)/t9-,10-/m0/s1. The lowest BCUT2D eigenvalue weighted by Crippen LogP contribution is -2.45. The number of likely N-dealkylation sites (tertiary alicyclic amines) is 1. The number of carbonyl (C=O) groups is 1. The van der Waals surface area contributed by atoms with Crippen molar-refractivity contribution in [3.05, 3.63) is 29.8 Å². The van der Waals surface area contributed by atoms with Crippen molar-refractivity contribution in [2.75, 3.05) is 6.54 Å². The van der Waals surface area contributed by atoms with E-state index in [1.165, 1.54) is 6.07 Å². The second kappa shape index (κ2) is 5.44. The first kappa shape index (κ1) is 14.0. The molecule has 112 valence electrons. The van der Waals surface area contributed by atoms with Gasteiger partial charge in [0.2, 0.25) is 5.91 Å². The number of fused-ring (bicyclic) bond motifs is 1. The molecule has 2 heterocycles. The fraction of sp³-hybridized carbons (Fsp3) is 0.467. The molecular formula is C15H19FN4O. The molecule has 1 saturated heterocycles. The van der Waals surface area contributed by atoms with Gasteiger partial charge >= 0.3 is 0 Å². The van der Waals surface area contributed by atoms with E-state index in [0.717, 1.165) is 12.8 Å². The maximum absolute atomic E-state index is 13.7. The predicted octanol–water partition coefficient (Wildman–Crippen LogP) is 1.79.